The van der Waals surface area contributed by atoms with Crippen LogP contribution in [-0.2, 0) is 18.5 Å². The smallest absolute Gasteiger partial charge is 0.358 e. The van der Waals surface area contributed by atoms with Gasteiger partial charge in [0.05, 0.1) is 19.0 Å². The molecule has 1 amide bonds. The van der Waals surface area contributed by atoms with Gasteiger partial charge >= 0.3 is 5.97 Å². The molecule has 28 heavy (non-hydrogen) atoms. The first-order chi connectivity index (χ1) is 13.4. The van der Waals surface area contributed by atoms with Crippen LogP contribution >= 0.6 is 11.6 Å². The van der Waals surface area contributed by atoms with Gasteiger partial charge in [-0.15, -0.1) is 0 Å². The highest BCUT2D eigenvalue weighted by molar-refractivity contribution is 6.31. The van der Waals surface area contributed by atoms with Crippen LogP contribution in [0.1, 0.15) is 26.5 Å². The second-order valence-corrected chi connectivity index (χ2v) is 6.31. The SMILES string of the molecule is COC(=O)c1c(NC(=O)c2ccn(COc3ccc(Cl)c(C)c3)n2)cnn1C. The summed E-state index contributed by atoms with van der Waals surface area (Å²) >= 11 is 5.99. The molecule has 0 fully saturated rings. The summed E-state index contributed by atoms with van der Waals surface area (Å²) in [7, 11) is 2.83. The highest BCUT2D eigenvalue weighted by Gasteiger charge is 2.20. The maximum atomic E-state index is 12.4. The van der Waals surface area contributed by atoms with E-state index in [1.807, 2.05) is 13.0 Å². The zero-order valence-electron chi connectivity index (χ0n) is 15.5. The van der Waals surface area contributed by atoms with Gasteiger partial charge in [-0.2, -0.15) is 10.2 Å². The summed E-state index contributed by atoms with van der Waals surface area (Å²) in [5.41, 5.74) is 1.44. The lowest BCUT2D eigenvalue weighted by atomic mass is 10.2. The topological polar surface area (TPSA) is 100 Å². The van der Waals surface area contributed by atoms with Gasteiger partial charge in [-0.1, -0.05) is 11.6 Å². The molecule has 9 nitrogen and oxygen atoms in total. The number of carbonyl (C=O) groups is 2. The van der Waals surface area contributed by atoms with Crippen LogP contribution < -0.4 is 10.1 Å². The molecule has 0 saturated heterocycles. The molecule has 0 aliphatic rings. The van der Waals surface area contributed by atoms with Crippen LogP contribution in [0.5, 0.6) is 5.75 Å². The number of anilines is 1. The third kappa shape index (κ3) is 4.15. The number of methoxy groups -OCH3 is 1. The number of nitrogens with one attached hydrogen (secondary N) is 1. The highest BCUT2D eigenvalue weighted by atomic mass is 35.5. The first-order valence-corrected chi connectivity index (χ1v) is 8.61. The summed E-state index contributed by atoms with van der Waals surface area (Å²) in [5, 5.41) is 11.4. The largest absolute Gasteiger partial charge is 0.471 e. The van der Waals surface area contributed by atoms with Gasteiger partial charge in [-0.25, -0.2) is 9.48 Å². The molecule has 0 spiro atoms. The van der Waals surface area contributed by atoms with Crippen molar-refractivity contribution in [3.8, 4) is 5.75 Å². The Morgan fingerprint density at radius 3 is 2.79 bits per heavy atom. The molecular formula is C18H18ClN5O4. The van der Waals surface area contributed by atoms with Gasteiger partial charge in [-0.3, -0.25) is 9.48 Å². The number of ether oxygens (including phenoxy) is 2. The molecule has 3 aromatic rings. The first kappa shape index (κ1) is 19.4. The Hall–Kier alpha value is -3.33. The molecule has 1 aromatic carbocycles. The third-order valence-electron chi connectivity index (χ3n) is 3.93. The normalized spacial score (nSPS) is 10.6. The molecule has 2 aromatic heterocycles. The number of rotatable bonds is 6. The van der Waals surface area contributed by atoms with Crippen LogP contribution in [0, 0.1) is 6.92 Å². The van der Waals surface area contributed by atoms with E-state index in [4.69, 9.17) is 21.1 Å². The van der Waals surface area contributed by atoms with Crippen LogP contribution in [0.15, 0.2) is 36.7 Å². The standard InChI is InChI=1S/C18H18ClN5O4/c1-11-8-12(4-5-13(11)19)28-10-24-7-6-14(22-24)17(25)21-15-9-20-23(2)16(15)18(26)27-3/h4-9H,10H2,1-3H3,(H,21,25). The lowest BCUT2D eigenvalue weighted by Crippen LogP contribution is -2.17. The number of aryl methyl sites for hydroxylation is 2. The van der Waals surface area contributed by atoms with E-state index in [0.29, 0.717) is 10.8 Å². The average Bonchev–Trinajstić information content (AvgIpc) is 3.29. The third-order valence-corrected chi connectivity index (χ3v) is 4.36. The average molecular weight is 404 g/mol. The molecule has 0 aliphatic heterocycles. The van der Waals surface area contributed by atoms with Crippen molar-refractivity contribution in [3.63, 3.8) is 0 Å². The number of benzene rings is 1. The maximum absolute atomic E-state index is 12.4. The molecule has 0 radical (unpaired) electrons. The number of nitrogens with zero attached hydrogens (tertiary/aromatic N) is 4. The number of hydrogen-bond acceptors (Lipinski definition) is 6. The van der Waals surface area contributed by atoms with Gasteiger partial charge in [0.25, 0.3) is 5.91 Å². The maximum Gasteiger partial charge on any atom is 0.358 e. The summed E-state index contributed by atoms with van der Waals surface area (Å²) in [6.07, 6.45) is 2.98. The highest BCUT2D eigenvalue weighted by Crippen LogP contribution is 2.21. The quantitative estimate of drug-likeness (QED) is 0.635. The number of halogens is 1. The number of esters is 1. The van der Waals surface area contributed by atoms with Crippen LogP contribution in [0.25, 0.3) is 0 Å². The van der Waals surface area contributed by atoms with E-state index < -0.39 is 11.9 Å². The number of hydrogen-bond donors (Lipinski definition) is 1. The minimum Gasteiger partial charge on any atom is -0.471 e. The van der Waals surface area contributed by atoms with Crippen molar-refractivity contribution < 1.29 is 19.1 Å². The molecule has 1 N–H and O–H groups in total. The van der Waals surface area contributed by atoms with Crippen LogP contribution in [0.2, 0.25) is 5.02 Å². The molecular weight excluding hydrogens is 386 g/mol. The van der Waals surface area contributed by atoms with Crippen molar-refractivity contribution in [2.75, 3.05) is 12.4 Å². The summed E-state index contributed by atoms with van der Waals surface area (Å²) < 4.78 is 13.1. The van der Waals surface area contributed by atoms with E-state index in [0.717, 1.165) is 5.56 Å². The lowest BCUT2D eigenvalue weighted by Gasteiger charge is -2.08. The molecule has 0 atom stereocenters. The summed E-state index contributed by atoms with van der Waals surface area (Å²) in [5.74, 6) is -0.451. The summed E-state index contributed by atoms with van der Waals surface area (Å²) in [6, 6.07) is 6.86. The zero-order chi connectivity index (χ0) is 20.3. The number of carbonyl (C=O) groups excluding carboxylic acids is 2. The van der Waals surface area contributed by atoms with E-state index in [1.54, 1.807) is 31.4 Å². The van der Waals surface area contributed by atoms with Gasteiger partial charge < -0.3 is 14.8 Å². The molecule has 0 saturated carbocycles. The Bertz CT molecular complexity index is 1030. The molecule has 0 bridgehead atoms. The molecule has 146 valence electrons. The van der Waals surface area contributed by atoms with E-state index in [1.165, 1.54) is 22.7 Å². The van der Waals surface area contributed by atoms with E-state index in [-0.39, 0.29) is 23.8 Å². The number of aromatic nitrogens is 4. The predicted octanol–water partition coefficient (Wildman–Crippen LogP) is 2.65. The van der Waals surface area contributed by atoms with Gasteiger partial charge in [0, 0.05) is 18.3 Å². The van der Waals surface area contributed by atoms with Gasteiger partial charge in [0.2, 0.25) is 0 Å². The van der Waals surface area contributed by atoms with E-state index >= 15 is 0 Å². The van der Waals surface area contributed by atoms with Gasteiger partial charge in [0.15, 0.2) is 18.1 Å². The molecule has 0 unspecified atom stereocenters. The fourth-order valence-electron chi connectivity index (χ4n) is 2.46. The first-order valence-electron chi connectivity index (χ1n) is 8.23. The van der Waals surface area contributed by atoms with Crippen LogP contribution in [0.3, 0.4) is 0 Å². The van der Waals surface area contributed by atoms with Crippen molar-refractivity contribution in [2.45, 2.75) is 13.7 Å². The minimum absolute atomic E-state index is 0.120. The Morgan fingerprint density at radius 2 is 2.07 bits per heavy atom. The molecule has 3 rings (SSSR count). The van der Waals surface area contributed by atoms with E-state index in [9.17, 15) is 9.59 Å². The monoisotopic (exact) mass is 403 g/mol. The Labute approximate surface area is 165 Å². The lowest BCUT2D eigenvalue weighted by molar-refractivity contribution is 0.0589. The van der Waals surface area contributed by atoms with Crippen molar-refractivity contribution >= 4 is 29.2 Å². The fraction of sp³-hybridized carbons (Fsp3) is 0.222. The molecule has 10 heteroatoms. The van der Waals surface area contributed by atoms with Crippen LogP contribution in [0.4, 0.5) is 5.69 Å². The Balaban J connectivity index is 1.66. The fourth-order valence-corrected chi connectivity index (χ4v) is 2.57. The second kappa shape index (κ2) is 8.13. The Morgan fingerprint density at radius 1 is 1.29 bits per heavy atom. The molecule has 0 aliphatic carbocycles. The van der Waals surface area contributed by atoms with Gasteiger partial charge in [0.1, 0.15) is 5.75 Å². The van der Waals surface area contributed by atoms with Crippen molar-refractivity contribution in [1.82, 2.24) is 19.6 Å². The van der Waals surface area contributed by atoms with Crippen LogP contribution in [-0.4, -0.2) is 38.5 Å². The van der Waals surface area contributed by atoms with Crippen molar-refractivity contribution in [3.05, 3.63) is 58.6 Å². The summed E-state index contributed by atoms with van der Waals surface area (Å²) in [6.45, 7) is 2.00. The predicted molar refractivity (Wildman–Crippen MR) is 102 cm³/mol. The molecule has 2 heterocycles. The minimum atomic E-state index is -0.604. The number of amides is 1. The zero-order valence-corrected chi connectivity index (χ0v) is 16.2. The summed E-state index contributed by atoms with van der Waals surface area (Å²) in [4.78, 5) is 24.2. The van der Waals surface area contributed by atoms with Crippen molar-refractivity contribution in [2.24, 2.45) is 7.05 Å². The second-order valence-electron chi connectivity index (χ2n) is 5.90. The van der Waals surface area contributed by atoms with Gasteiger partial charge in [-0.05, 0) is 36.8 Å². The van der Waals surface area contributed by atoms with Crippen molar-refractivity contribution in [1.29, 1.82) is 0 Å². The van der Waals surface area contributed by atoms with E-state index in [2.05, 4.69) is 15.5 Å². The Kier molecular flexibility index (Phi) is 5.65.